The molecule has 0 amide bonds. The molecule has 0 aliphatic heterocycles. The molecular formula is C12H11N3S2. The number of hydrogen-bond donors (Lipinski definition) is 2. The molecule has 17 heavy (non-hydrogen) atoms. The smallest absolute Gasteiger partial charge is 0.184 e. The second-order valence-electron chi connectivity index (χ2n) is 3.28. The van der Waals surface area contributed by atoms with Crippen LogP contribution in [0.3, 0.4) is 0 Å². The highest BCUT2D eigenvalue weighted by Crippen LogP contribution is 2.15. The summed E-state index contributed by atoms with van der Waals surface area (Å²) in [6, 6.07) is 13.9. The van der Waals surface area contributed by atoms with Crippen LogP contribution in [0.15, 0.2) is 52.9 Å². The van der Waals surface area contributed by atoms with Gasteiger partial charge >= 0.3 is 0 Å². The Hall–Kier alpha value is -1.72. The average Bonchev–Trinajstić information content (AvgIpc) is 2.84. The van der Waals surface area contributed by atoms with Crippen molar-refractivity contribution in [1.29, 1.82) is 0 Å². The fourth-order valence-electron chi connectivity index (χ4n) is 1.38. The summed E-state index contributed by atoms with van der Waals surface area (Å²) < 4.78 is 0. The van der Waals surface area contributed by atoms with Crippen molar-refractivity contribution in [3.05, 3.63) is 58.3 Å². The molecule has 2 aromatic rings. The molecule has 3 N–H and O–H groups in total. The molecule has 1 heterocycles. The minimum absolute atomic E-state index is 0.162. The van der Waals surface area contributed by atoms with E-state index in [1.165, 1.54) is 0 Å². The summed E-state index contributed by atoms with van der Waals surface area (Å²) in [7, 11) is 0. The van der Waals surface area contributed by atoms with Crippen molar-refractivity contribution in [2.45, 2.75) is 0 Å². The fourth-order valence-corrected chi connectivity index (χ4v) is 2.16. The molecule has 1 aromatic heterocycles. The summed E-state index contributed by atoms with van der Waals surface area (Å²) in [4.78, 5) is 1.07. The lowest BCUT2D eigenvalue weighted by Crippen LogP contribution is -2.25. The number of nitrogens with two attached hydrogens (primary N) is 1. The van der Waals surface area contributed by atoms with Gasteiger partial charge in [-0.2, -0.15) is 5.10 Å². The summed E-state index contributed by atoms with van der Waals surface area (Å²) >= 11 is 6.38. The van der Waals surface area contributed by atoms with Crippen LogP contribution in [0.1, 0.15) is 10.4 Å². The Morgan fingerprint density at radius 3 is 2.53 bits per heavy atom. The summed E-state index contributed by atoms with van der Waals surface area (Å²) in [6.07, 6.45) is 0. The van der Waals surface area contributed by atoms with E-state index >= 15 is 0 Å². The van der Waals surface area contributed by atoms with Gasteiger partial charge in [0.05, 0.1) is 4.88 Å². The maximum Gasteiger partial charge on any atom is 0.184 e. The van der Waals surface area contributed by atoms with Gasteiger partial charge in [0.25, 0.3) is 0 Å². The summed E-state index contributed by atoms with van der Waals surface area (Å²) in [5, 5.41) is 6.42. The minimum atomic E-state index is 0.162. The van der Waals surface area contributed by atoms with Gasteiger partial charge in [-0.15, -0.1) is 11.3 Å². The normalized spacial score (nSPS) is 11.2. The Morgan fingerprint density at radius 1 is 1.18 bits per heavy atom. The van der Waals surface area contributed by atoms with E-state index in [1.807, 2.05) is 47.8 Å². The third-order valence-electron chi connectivity index (χ3n) is 2.08. The van der Waals surface area contributed by atoms with Crippen LogP contribution >= 0.6 is 23.6 Å². The van der Waals surface area contributed by atoms with Crippen LogP contribution in [-0.2, 0) is 0 Å². The van der Waals surface area contributed by atoms with E-state index in [0.717, 1.165) is 16.2 Å². The highest BCUT2D eigenvalue weighted by Gasteiger charge is 2.07. The van der Waals surface area contributed by atoms with Crippen LogP contribution in [0.5, 0.6) is 0 Å². The second kappa shape index (κ2) is 5.56. The van der Waals surface area contributed by atoms with Gasteiger partial charge in [0.1, 0.15) is 5.71 Å². The molecule has 0 aliphatic rings. The predicted octanol–water partition coefficient (Wildman–Crippen LogP) is 2.33. The van der Waals surface area contributed by atoms with Gasteiger partial charge in [-0.05, 0) is 23.7 Å². The molecule has 0 aliphatic carbocycles. The Bertz CT molecular complexity index is 518. The molecule has 86 valence electrons. The lowest BCUT2D eigenvalue weighted by molar-refractivity contribution is 1.03. The Labute approximate surface area is 109 Å². The monoisotopic (exact) mass is 261 g/mol. The number of hydrazone groups is 1. The lowest BCUT2D eigenvalue weighted by atomic mass is 10.1. The molecule has 1 aromatic carbocycles. The molecule has 0 saturated heterocycles. The van der Waals surface area contributed by atoms with Crippen molar-refractivity contribution in [2.24, 2.45) is 10.8 Å². The molecule has 2 rings (SSSR count). The quantitative estimate of drug-likeness (QED) is 0.506. The maximum absolute atomic E-state index is 5.39. The van der Waals surface area contributed by atoms with Crippen molar-refractivity contribution < 1.29 is 0 Å². The highest BCUT2D eigenvalue weighted by molar-refractivity contribution is 7.80. The first-order chi connectivity index (χ1) is 8.27. The van der Waals surface area contributed by atoms with Crippen LogP contribution in [0.25, 0.3) is 0 Å². The Kier molecular flexibility index (Phi) is 3.85. The number of thiocarbonyl (C=S) groups is 1. The molecule has 0 saturated carbocycles. The maximum atomic E-state index is 5.39. The molecule has 0 unspecified atom stereocenters. The van der Waals surface area contributed by atoms with E-state index in [4.69, 9.17) is 18.0 Å². The lowest BCUT2D eigenvalue weighted by Gasteiger charge is -2.05. The molecule has 0 bridgehead atoms. The summed E-state index contributed by atoms with van der Waals surface area (Å²) in [5.74, 6) is 0. The van der Waals surface area contributed by atoms with Gasteiger partial charge in [0.2, 0.25) is 0 Å². The van der Waals surface area contributed by atoms with E-state index in [-0.39, 0.29) is 5.11 Å². The van der Waals surface area contributed by atoms with Crippen molar-refractivity contribution in [2.75, 3.05) is 0 Å². The molecule has 0 atom stereocenters. The number of hydrogen-bond acceptors (Lipinski definition) is 3. The SMILES string of the molecule is NC(=S)N/N=C(/c1ccccc1)c1cccs1. The number of benzene rings is 1. The number of thiophene rings is 1. The van der Waals surface area contributed by atoms with Gasteiger partial charge in [-0.25, -0.2) is 0 Å². The van der Waals surface area contributed by atoms with Crippen LogP contribution in [0.4, 0.5) is 0 Å². The van der Waals surface area contributed by atoms with Gasteiger partial charge < -0.3 is 5.73 Å². The number of nitrogens with zero attached hydrogens (tertiary/aromatic N) is 1. The summed E-state index contributed by atoms with van der Waals surface area (Å²) in [6.45, 7) is 0. The van der Waals surface area contributed by atoms with Crippen molar-refractivity contribution in [1.82, 2.24) is 5.43 Å². The highest BCUT2D eigenvalue weighted by atomic mass is 32.1. The van der Waals surface area contributed by atoms with E-state index in [1.54, 1.807) is 11.3 Å². The second-order valence-corrected chi connectivity index (χ2v) is 4.67. The minimum Gasteiger partial charge on any atom is -0.375 e. The van der Waals surface area contributed by atoms with Crippen LogP contribution in [0.2, 0.25) is 0 Å². The largest absolute Gasteiger partial charge is 0.375 e. The van der Waals surface area contributed by atoms with Gasteiger partial charge in [0.15, 0.2) is 5.11 Å². The van der Waals surface area contributed by atoms with Crippen LogP contribution in [0, 0.1) is 0 Å². The number of nitrogens with one attached hydrogen (secondary N) is 1. The first-order valence-electron chi connectivity index (χ1n) is 5.00. The van der Waals surface area contributed by atoms with E-state index in [0.29, 0.717) is 0 Å². The van der Waals surface area contributed by atoms with Crippen molar-refractivity contribution in [3.63, 3.8) is 0 Å². The third-order valence-corrected chi connectivity index (χ3v) is 3.05. The predicted molar refractivity (Wildman–Crippen MR) is 76.3 cm³/mol. The topological polar surface area (TPSA) is 50.4 Å². The molecule has 5 heteroatoms. The molecular weight excluding hydrogens is 250 g/mol. The van der Waals surface area contributed by atoms with Crippen molar-refractivity contribution >= 4 is 34.4 Å². The molecule has 0 radical (unpaired) electrons. The van der Waals surface area contributed by atoms with Gasteiger partial charge in [0, 0.05) is 5.56 Å². The van der Waals surface area contributed by atoms with Crippen molar-refractivity contribution in [3.8, 4) is 0 Å². The average molecular weight is 261 g/mol. The first-order valence-corrected chi connectivity index (χ1v) is 6.28. The van der Waals surface area contributed by atoms with Gasteiger partial charge in [-0.3, -0.25) is 5.43 Å². The fraction of sp³-hybridized carbons (Fsp3) is 0. The summed E-state index contributed by atoms with van der Waals surface area (Å²) in [5.41, 5.74) is 9.89. The van der Waals surface area contributed by atoms with Gasteiger partial charge in [-0.1, -0.05) is 36.4 Å². The Balaban J connectivity index is 2.38. The zero-order valence-corrected chi connectivity index (χ0v) is 10.6. The van der Waals surface area contributed by atoms with E-state index < -0.39 is 0 Å². The molecule has 0 spiro atoms. The van der Waals surface area contributed by atoms with E-state index in [9.17, 15) is 0 Å². The van der Waals surface area contributed by atoms with Crippen LogP contribution < -0.4 is 11.2 Å². The Morgan fingerprint density at radius 2 is 1.94 bits per heavy atom. The van der Waals surface area contributed by atoms with Crippen LogP contribution in [-0.4, -0.2) is 10.8 Å². The zero-order valence-electron chi connectivity index (χ0n) is 8.96. The number of rotatable bonds is 3. The molecule has 0 fully saturated rings. The molecule has 3 nitrogen and oxygen atoms in total. The first kappa shape index (κ1) is 11.8. The van der Waals surface area contributed by atoms with E-state index in [2.05, 4.69) is 10.5 Å². The zero-order chi connectivity index (χ0) is 12.1. The third kappa shape index (κ3) is 3.12. The standard InChI is InChI=1S/C12H11N3S2/c13-12(16)15-14-11(10-7-4-8-17-10)9-5-2-1-3-6-9/h1-8H,(H3,13,15,16)/b14-11-.